The Balaban J connectivity index is 2.26. The van der Waals surface area contributed by atoms with Crippen molar-refractivity contribution in [3.05, 3.63) is 34.9 Å². The monoisotopic (exact) mass is 252 g/mol. The van der Waals surface area contributed by atoms with E-state index in [1.807, 2.05) is 6.92 Å². The molecule has 92 valence electrons. The Labute approximate surface area is 107 Å². The fourth-order valence-electron chi connectivity index (χ4n) is 2.50. The normalized spacial score (nSPS) is 26.9. The van der Waals surface area contributed by atoms with Crippen LogP contribution >= 0.6 is 11.6 Å². The maximum Gasteiger partial charge on any atom is 0.141 e. The quantitative estimate of drug-likeness (QED) is 0.874. The zero-order chi connectivity index (χ0) is 12.5. The molecule has 2 rings (SSSR count). The first-order valence-corrected chi connectivity index (χ1v) is 6.39. The van der Waals surface area contributed by atoms with Gasteiger partial charge < -0.3 is 5.11 Å². The first-order chi connectivity index (χ1) is 8.04. The Morgan fingerprint density at radius 1 is 1.29 bits per heavy atom. The van der Waals surface area contributed by atoms with Crippen LogP contribution in [0, 0.1) is 5.41 Å². The van der Waals surface area contributed by atoms with Crippen molar-refractivity contribution in [2.45, 2.75) is 38.7 Å². The molecule has 2 nitrogen and oxygen atoms in total. The van der Waals surface area contributed by atoms with Gasteiger partial charge >= 0.3 is 0 Å². The lowest BCUT2D eigenvalue weighted by Crippen LogP contribution is -2.37. The Kier molecular flexibility index (Phi) is 3.55. The van der Waals surface area contributed by atoms with Crippen LogP contribution in [0.3, 0.4) is 0 Å². The molecule has 1 aromatic rings. The first-order valence-electron chi connectivity index (χ1n) is 6.01. The van der Waals surface area contributed by atoms with Gasteiger partial charge in [0.05, 0.1) is 11.5 Å². The second kappa shape index (κ2) is 4.79. The number of benzene rings is 1. The number of Topliss-reactive ketones (excluding diaryl/α,β-unsaturated/α-hetero) is 1. The number of hydrogen-bond donors (Lipinski definition) is 1. The van der Waals surface area contributed by atoms with Gasteiger partial charge in [-0.3, -0.25) is 4.79 Å². The lowest BCUT2D eigenvalue weighted by Gasteiger charge is -2.36. The molecule has 0 bridgehead atoms. The second-order valence-electron chi connectivity index (χ2n) is 5.00. The zero-order valence-electron chi connectivity index (χ0n) is 9.95. The van der Waals surface area contributed by atoms with E-state index in [2.05, 4.69) is 0 Å². The molecule has 0 aromatic heterocycles. The highest BCUT2D eigenvalue weighted by Gasteiger charge is 2.42. The van der Waals surface area contributed by atoms with Gasteiger partial charge in [-0.05, 0) is 37.5 Å². The van der Waals surface area contributed by atoms with Crippen LogP contribution in [0.4, 0.5) is 0 Å². The summed E-state index contributed by atoms with van der Waals surface area (Å²) in [6.45, 7) is 1.87. The van der Waals surface area contributed by atoms with E-state index in [0.717, 1.165) is 24.8 Å². The van der Waals surface area contributed by atoms with Crippen molar-refractivity contribution in [1.82, 2.24) is 0 Å². The molecule has 1 fully saturated rings. The van der Waals surface area contributed by atoms with E-state index in [-0.39, 0.29) is 5.78 Å². The average molecular weight is 253 g/mol. The number of carbonyl (C=O) groups excluding carboxylic acids is 1. The van der Waals surface area contributed by atoms with E-state index in [1.54, 1.807) is 24.3 Å². The first kappa shape index (κ1) is 12.6. The maximum atomic E-state index is 12.0. The van der Waals surface area contributed by atoms with Crippen molar-refractivity contribution < 1.29 is 9.90 Å². The summed E-state index contributed by atoms with van der Waals surface area (Å²) in [5, 5.41) is 11.0. The molecule has 0 heterocycles. The molecule has 1 aliphatic carbocycles. The van der Waals surface area contributed by atoms with Gasteiger partial charge in [0.2, 0.25) is 0 Å². The van der Waals surface area contributed by atoms with Gasteiger partial charge in [0.1, 0.15) is 5.78 Å². The highest BCUT2D eigenvalue weighted by atomic mass is 35.5. The van der Waals surface area contributed by atoms with E-state index < -0.39 is 11.5 Å². The molecule has 0 unspecified atom stereocenters. The average Bonchev–Trinajstić information content (AvgIpc) is 2.33. The molecule has 0 saturated heterocycles. The van der Waals surface area contributed by atoms with Crippen LogP contribution in [0.15, 0.2) is 24.3 Å². The number of halogens is 1. The van der Waals surface area contributed by atoms with Crippen LogP contribution in [-0.4, -0.2) is 10.9 Å². The van der Waals surface area contributed by atoms with Gasteiger partial charge in [-0.2, -0.15) is 0 Å². The second-order valence-corrected chi connectivity index (χ2v) is 5.44. The summed E-state index contributed by atoms with van der Waals surface area (Å²) in [4.78, 5) is 12.0. The number of carbonyl (C=O) groups is 1. The van der Waals surface area contributed by atoms with Crippen LogP contribution in [0.2, 0.25) is 5.02 Å². The fraction of sp³-hybridized carbons (Fsp3) is 0.500. The summed E-state index contributed by atoms with van der Waals surface area (Å²) in [6, 6.07) is 7.08. The molecular weight excluding hydrogens is 236 g/mol. The van der Waals surface area contributed by atoms with Crippen molar-refractivity contribution in [3.8, 4) is 0 Å². The summed E-state index contributed by atoms with van der Waals surface area (Å²) in [5.74, 6) is 0.172. The van der Waals surface area contributed by atoms with E-state index in [0.29, 0.717) is 11.4 Å². The lowest BCUT2D eigenvalue weighted by atomic mass is 9.69. The Morgan fingerprint density at radius 3 is 2.53 bits per heavy atom. The minimum atomic E-state index is -0.729. The molecular formula is C14H17ClO2. The van der Waals surface area contributed by atoms with Gasteiger partial charge in [-0.15, -0.1) is 0 Å². The van der Waals surface area contributed by atoms with Crippen LogP contribution < -0.4 is 0 Å². The zero-order valence-corrected chi connectivity index (χ0v) is 10.7. The van der Waals surface area contributed by atoms with Gasteiger partial charge in [-0.25, -0.2) is 0 Å². The number of hydrogen-bond acceptors (Lipinski definition) is 2. The molecule has 1 saturated carbocycles. The molecule has 1 aliphatic rings. The van der Waals surface area contributed by atoms with Crippen molar-refractivity contribution in [2.24, 2.45) is 5.41 Å². The third-order valence-electron chi connectivity index (χ3n) is 3.78. The number of aliphatic hydroxyl groups excluding tert-OH is 1. The number of aliphatic hydroxyl groups is 1. The van der Waals surface area contributed by atoms with Gasteiger partial charge in [0.15, 0.2) is 0 Å². The van der Waals surface area contributed by atoms with Crippen molar-refractivity contribution >= 4 is 17.4 Å². The van der Waals surface area contributed by atoms with Gasteiger partial charge in [0, 0.05) is 11.4 Å². The van der Waals surface area contributed by atoms with Gasteiger partial charge in [-0.1, -0.05) is 30.2 Å². The molecule has 1 aromatic carbocycles. The predicted molar refractivity (Wildman–Crippen MR) is 68.0 cm³/mol. The summed E-state index contributed by atoms with van der Waals surface area (Å²) >= 11 is 5.82. The van der Waals surface area contributed by atoms with Crippen molar-refractivity contribution in [3.63, 3.8) is 0 Å². The molecule has 17 heavy (non-hydrogen) atoms. The van der Waals surface area contributed by atoms with Gasteiger partial charge in [0.25, 0.3) is 0 Å². The summed E-state index contributed by atoms with van der Waals surface area (Å²) in [6.07, 6.45) is 2.57. The Bertz CT molecular complexity index is 413. The highest BCUT2D eigenvalue weighted by molar-refractivity contribution is 6.30. The Hall–Kier alpha value is -0.860. The van der Waals surface area contributed by atoms with E-state index >= 15 is 0 Å². The SMILES string of the molecule is C[C@]1([C@H](O)c2ccc(Cl)cc2)CCCCC1=O. The van der Waals surface area contributed by atoms with Crippen molar-refractivity contribution in [2.75, 3.05) is 0 Å². The van der Waals surface area contributed by atoms with Crippen LogP contribution in [0.25, 0.3) is 0 Å². The molecule has 2 atom stereocenters. The van der Waals surface area contributed by atoms with E-state index in [4.69, 9.17) is 11.6 Å². The molecule has 0 radical (unpaired) electrons. The highest BCUT2D eigenvalue weighted by Crippen LogP contribution is 2.43. The minimum absolute atomic E-state index is 0.172. The van der Waals surface area contributed by atoms with Crippen LogP contribution in [0.5, 0.6) is 0 Å². The molecule has 0 aliphatic heterocycles. The number of ketones is 1. The molecule has 3 heteroatoms. The van der Waals surface area contributed by atoms with Crippen LogP contribution in [-0.2, 0) is 4.79 Å². The largest absolute Gasteiger partial charge is 0.387 e. The van der Waals surface area contributed by atoms with E-state index in [9.17, 15) is 9.90 Å². The minimum Gasteiger partial charge on any atom is -0.387 e. The molecule has 0 amide bonds. The van der Waals surface area contributed by atoms with Crippen LogP contribution in [0.1, 0.15) is 44.3 Å². The summed E-state index contributed by atoms with van der Waals surface area (Å²) < 4.78 is 0. The van der Waals surface area contributed by atoms with Crippen molar-refractivity contribution in [1.29, 1.82) is 0 Å². The third kappa shape index (κ3) is 2.38. The smallest absolute Gasteiger partial charge is 0.141 e. The summed E-state index contributed by atoms with van der Waals surface area (Å²) in [5.41, 5.74) is 0.138. The summed E-state index contributed by atoms with van der Waals surface area (Å²) in [7, 11) is 0. The fourth-order valence-corrected chi connectivity index (χ4v) is 2.63. The maximum absolute atomic E-state index is 12.0. The van der Waals surface area contributed by atoms with E-state index in [1.165, 1.54) is 0 Å². The predicted octanol–water partition coefficient (Wildman–Crippen LogP) is 3.52. The lowest BCUT2D eigenvalue weighted by molar-refractivity contribution is -0.138. The molecule has 1 N–H and O–H groups in total. The third-order valence-corrected chi connectivity index (χ3v) is 4.03. The standard InChI is InChI=1S/C14H17ClO2/c1-14(9-3-2-4-12(14)16)13(17)10-5-7-11(15)8-6-10/h5-8,13,17H,2-4,9H2,1H3/t13-,14+/m1/s1. The molecule has 0 spiro atoms. The number of rotatable bonds is 2. The topological polar surface area (TPSA) is 37.3 Å². The Morgan fingerprint density at radius 2 is 1.94 bits per heavy atom.